The van der Waals surface area contributed by atoms with Crippen LogP contribution in [0.1, 0.15) is 32.4 Å². The summed E-state index contributed by atoms with van der Waals surface area (Å²) in [5.41, 5.74) is 0.997. The van der Waals surface area contributed by atoms with Crippen molar-refractivity contribution in [3.05, 3.63) is 66.2 Å². The van der Waals surface area contributed by atoms with E-state index in [-0.39, 0.29) is 11.1 Å². The van der Waals surface area contributed by atoms with Gasteiger partial charge >= 0.3 is 6.09 Å². The summed E-state index contributed by atoms with van der Waals surface area (Å²) in [7, 11) is -1.92. The molecule has 0 aliphatic carbocycles. The van der Waals surface area contributed by atoms with Crippen LogP contribution in [0.4, 0.5) is 4.79 Å². The van der Waals surface area contributed by atoms with Crippen LogP contribution in [-0.4, -0.2) is 21.0 Å². The van der Waals surface area contributed by atoms with Crippen LogP contribution < -0.4 is 10.1 Å². The van der Waals surface area contributed by atoms with Gasteiger partial charge in [0.1, 0.15) is 5.75 Å². The van der Waals surface area contributed by atoms with E-state index in [1.165, 1.54) is 0 Å². The van der Waals surface area contributed by atoms with Gasteiger partial charge in [0.2, 0.25) is 0 Å². The lowest BCUT2D eigenvalue weighted by molar-refractivity contribution is 0.184. The van der Waals surface area contributed by atoms with Gasteiger partial charge in [0, 0.05) is 0 Å². The van der Waals surface area contributed by atoms with Crippen LogP contribution in [0.5, 0.6) is 5.75 Å². The maximum atomic E-state index is 12.3. The first-order valence-electron chi connectivity index (χ1n) is 8.91. The first-order valence-corrected chi connectivity index (χ1v) is 11.8. The predicted molar refractivity (Wildman–Crippen MR) is 108 cm³/mol. The SMILES string of the molecule is CC(C)(C)[Si](C)(C)OC[C@H](NC(=O)Oc1ccccc1)c1ccccc1. The Bertz CT molecular complexity index is 696. The molecular formula is C21H29NO3Si. The molecule has 1 atom stereocenters. The second-order valence-electron chi connectivity index (χ2n) is 7.88. The van der Waals surface area contributed by atoms with Gasteiger partial charge in [-0.1, -0.05) is 69.3 Å². The summed E-state index contributed by atoms with van der Waals surface area (Å²) in [5.74, 6) is 0.516. The van der Waals surface area contributed by atoms with Crippen LogP contribution in [0.2, 0.25) is 18.1 Å². The van der Waals surface area contributed by atoms with Gasteiger partial charge in [0.05, 0.1) is 12.6 Å². The normalized spacial score (nSPS) is 13.1. The van der Waals surface area contributed by atoms with Gasteiger partial charge < -0.3 is 14.5 Å². The smallest absolute Gasteiger partial charge is 0.413 e. The number of carbonyl (C=O) groups excluding carboxylic acids is 1. The molecule has 4 nitrogen and oxygen atoms in total. The summed E-state index contributed by atoms with van der Waals surface area (Å²) in [4.78, 5) is 12.3. The second-order valence-corrected chi connectivity index (χ2v) is 12.7. The highest BCUT2D eigenvalue weighted by molar-refractivity contribution is 6.74. The molecular weight excluding hydrogens is 342 g/mol. The molecule has 26 heavy (non-hydrogen) atoms. The molecule has 5 heteroatoms. The van der Waals surface area contributed by atoms with Crippen molar-refractivity contribution in [2.24, 2.45) is 0 Å². The molecule has 1 N–H and O–H groups in total. The number of nitrogens with one attached hydrogen (secondary N) is 1. The average Bonchev–Trinajstić information content (AvgIpc) is 2.59. The molecule has 0 aliphatic heterocycles. The third-order valence-electron chi connectivity index (χ3n) is 4.86. The Morgan fingerprint density at radius 3 is 2.08 bits per heavy atom. The van der Waals surface area contributed by atoms with Crippen molar-refractivity contribution in [2.45, 2.75) is 44.9 Å². The van der Waals surface area contributed by atoms with Crippen molar-refractivity contribution in [1.29, 1.82) is 0 Å². The van der Waals surface area contributed by atoms with Gasteiger partial charge in [0.15, 0.2) is 8.32 Å². The van der Waals surface area contributed by atoms with Crippen LogP contribution in [0, 0.1) is 0 Å². The largest absolute Gasteiger partial charge is 0.414 e. The van der Waals surface area contributed by atoms with Gasteiger partial charge in [-0.15, -0.1) is 0 Å². The number of para-hydroxylation sites is 1. The van der Waals surface area contributed by atoms with Crippen LogP contribution in [0.15, 0.2) is 60.7 Å². The van der Waals surface area contributed by atoms with Gasteiger partial charge in [-0.3, -0.25) is 0 Å². The van der Waals surface area contributed by atoms with Gasteiger partial charge in [-0.2, -0.15) is 0 Å². The van der Waals surface area contributed by atoms with Gasteiger partial charge in [-0.05, 0) is 35.8 Å². The van der Waals surface area contributed by atoms with Crippen molar-refractivity contribution in [2.75, 3.05) is 6.61 Å². The average molecular weight is 372 g/mol. The summed E-state index contributed by atoms with van der Waals surface area (Å²) in [6, 6.07) is 18.6. The van der Waals surface area contributed by atoms with Crippen molar-refractivity contribution < 1.29 is 14.0 Å². The quantitative estimate of drug-likeness (QED) is 0.678. The van der Waals surface area contributed by atoms with E-state index in [2.05, 4.69) is 39.2 Å². The molecule has 0 aromatic heterocycles. The van der Waals surface area contributed by atoms with Crippen molar-refractivity contribution in [3.8, 4) is 5.75 Å². The summed E-state index contributed by atoms with van der Waals surface area (Å²) < 4.78 is 11.7. The van der Waals surface area contributed by atoms with E-state index in [1.807, 2.05) is 48.5 Å². The topological polar surface area (TPSA) is 47.6 Å². The van der Waals surface area contributed by atoms with E-state index in [9.17, 15) is 4.79 Å². The van der Waals surface area contributed by atoms with E-state index in [0.717, 1.165) is 5.56 Å². The number of rotatable bonds is 6. The molecule has 0 saturated heterocycles. The minimum absolute atomic E-state index is 0.110. The highest BCUT2D eigenvalue weighted by Gasteiger charge is 2.37. The number of hydrogen-bond acceptors (Lipinski definition) is 3. The fourth-order valence-electron chi connectivity index (χ4n) is 2.18. The summed E-state index contributed by atoms with van der Waals surface area (Å²) >= 11 is 0. The van der Waals surface area contributed by atoms with Crippen molar-refractivity contribution >= 4 is 14.4 Å². The number of amides is 1. The zero-order chi connectivity index (χ0) is 19.2. The molecule has 1 amide bonds. The monoisotopic (exact) mass is 371 g/mol. The molecule has 0 aliphatic rings. The maximum absolute atomic E-state index is 12.3. The van der Waals surface area contributed by atoms with Crippen molar-refractivity contribution in [1.82, 2.24) is 5.32 Å². The lowest BCUT2D eigenvalue weighted by Crippen LogP contribution is -2.44. The fraction of sp³-hybridized carbons (Fsp3) is 0.381. The molecule has 2 rings (SSSR count). The second kappa shape index (κ2) is 8.51. The van der Waals surface area contributed by atoms with Crippen LogP contribution >= 0.6 is 0 Å². The van der Waals surface area contributed by atoms with E-state index >= 15 is 0 Å². The standard InChI is InChI=1S/C21H29NO3Si/c1-21(2,3)26(4,5)24-16-19(17-12-8-6-9-13-17)22-20(23)25-18-14-10-7-11-15-18/h6-15,19H,16H2,1-5H3,(H,22,23)/t19-/m0/s1. The maximum Gasteiger partial charge on any atom is 0.413 e. The lowest BCUT2D eigenvalue weighted by Gasteiger charge is -2.37. The van der Waals surface area contributed by atoms with E-state index < -0.39 is 14.4 Å². The summed E-state index contributed by atoms with van der Waals surface area (Å²) in [5, 5.41) is 3.05. The third-order valence-corrected chi connectivity index (χ3v) is 9.37. The van der Waals surface area contributed by atoms with E-state index in [4.69, 9.17) is 9.16 Å². The van der Waals surface area contributed by atoms with Crippen LogP contribution in [-0.2, 0) is 4.43 Å². The molecule has 0 unspecified atom stereocenters. The van der Waals surface area contributed by atoms with Crippen LogP contribution in [0.25, 0.3) is 0 Å². The number of ether oxygens (including phenoxy) is 1. The van der Waals surface area contributed by atoms with E-state index in [1.54, 1.807) is 12.1 Å². The Balaban J connectivity index is 2.08. The Morgan fingerprint density at radius 2 is 1.54 bits per heavy atom. The Hall–Kier alpha value is -2.11. The molecule has 0 bridgehead atoms. The first-order chi connectivity index (χ1) is 12.2. The molecule has 140 valence electrons. The fourth-order valence-corrected chi connectivity index (χ4v) is 3.20. The highest BCUT2D eigenvalue weighted by Crippen LogP contribution is 2.37. The van der Waals surface area contributed by atoms with Crippen molar-refractivity contribution in [3.63, 3.8) is 0 Å². The lowest BCUT2D eigenvalue weighted by atomic mass is 10.1. The molecule has 0 fully saturated rings. The molecule has 0 radical (unpaired) electrons. The first kappa shape index (κ1) is 20.2. The molecule has 2 aromatic carbocycles. The number of carbonyl (C=O) groups is 1. The summed E-state index contributed by atoms with van der Waals surface area (Å²) in [6.45, 7) is 11.4. The van der Waals surface area contributed by atoms with Gasteiger partial charge in [0.25, 0.3) is 0 Å². The molecule has 0 spiro atoms. The number of benzene rings is 2. The van der Waals surface area contributed by atoms with Gasteiger partial charge in [-0.25, -0.2) is 4.79 Å². The third kappa shape index (κ3) is 5.71. The minimum atomic E-state index is -1.92. The van der Waals surface area contributed by atoms with Crippen LogP contribution in [0.3, 0.4) is 0 Å². The zero-order valence-corrected chi connectivity index (χ0v) is 17.3. The predicted octanol–water partition coefficient (Wildman–Crippen LogP) is 5.54. The Kier molecular flexibility index (Phi) is 6.61. The summed E-state index contributed by atoms with van der Waals surface area (Å²) in [6.07, 6.45) is -0.483. The Morgan fingerprint density at radius 1 is 1.00 bits per heavy atom. The van der Waals surface area contributed by atoms with E-state index in [0.29, 0.717) is 12.4 Å². The molecule has 2 aromatic rings. The molecule has 0 saturated carbocycles. The minimum Gasteiger partial charge on any atom is -0.414 e. The highest BCUT2D eigenvalue weighted by atomic mass is 28.4. The number of hydrogen-bond donors (Lipinski definition) is 1. The molecule has 0 heterocycles. The Labute approximate surface area is 157 Å². The zero-order valence-electron chi connectivity index (χ0n) is 16.3.